The molecule has 5 heteroatoms. The fourth-order valence-corrected chi connectivity index (χ4v) is 3.02. The average Bonchev–Trinajstić information content (AvgIpc) is 3.22. The van der Waals surface area contributed by atoms with E-state index in [0.29, 0.717) is 18.7 Å². The molecule has 0 fully saturated rings. The molecule has 27 heavy (non-hydrogen) atoms. The van der Waals surface area contributed by atoms with E-state index in [1.807, 2.05) is 24.4 Å². The van der Waals surface area contributed by atoms with Crippen LogP contribution in [0.1, 0.15) is 17.5 Å². The topological polar surface area (TPSA) is 70.7 Å². The first-order valence-corrected chi connectivity index (χ1v) is 8.92. The minimum Gasteiger partial charge on any atom is -0.311 e. The summed E-state index contributed by atoms with van der Waals surface area (Å²) in [6, 6.07) is 16.3. The van der Waals surface area contributed by atoms with Crippen molar-refractivity contribution in [2.75, 3.05) is 5.32 Å². The largest absolute Gasteiger partial charge is 0.311 e. The Kier molecular flexibility index (Phi) is 4.66. The number of benzene rings is 2. The van der Waals surface area contributed by atoms with Gasteiger partial charge in [0.1, 0.15) is 5.82 Å². The van der Waals surface area contributed by atoms with Gasteiger partial charge in [-0.15, -0.1) is 0 Å². The Morgan fingerprint density at radius 2 is 1.85 bits per heavy atom. The van der Waals surface area contributed by atoms with Gasteiger partial charge < -0.3 is 5.32 Å². The van der Waals surface area contributed by atoms with Crippen molar-refractivity contribution in [2.24, 2.45) is 0 Å². The number of pyridine rings is 1. The Labute approximate surface area is 157 Å². The number of nitrogens with one attached hydrogen (secondary N) is 2. The van der Waals surface area contributed by atoms with Crippen LogP contribution in [0.2, 0.25) is 0 Å². The predicted molar refractivity (Wildman–Crippen MR) is 107 cm³/mol. The minimum atomic E-state index is -0.0339. The summed E-state index contributed by atoms with van der Waals surface area (Å²) in [5, 5.41) is 11.8. The molecule has 0 aliphatic rings. The van der Waals surface area contributed by atoms with E-state index in [0.717, 1.165) is 27.5 Å². The molecule has 2 N–H and O–H groups in total. The van der Waals surface area contributed by atoms with E-state index in [-0.39, 0.29) is 5.91 Å². The summed E-state index contributed by atoms with van der Waals surface area (Å²) in [5.74, 6) is 0.536. The van der Waals surface area contributed by atoms with E-state index in [1.54, 1.807) is 12.4 Å². The predicted octanol–water partition coefficient (Wildman–Crippen LogP) is 4.50. The lowest BCUT2D eigenvalue weighted by atomic mass is 10.0. The number of carbonyl (C=O) groups excluding carboxylic acids is 1. The SMILES string of the molecule is Cc1ccc(CCC(=O)Nc2cc3cc(-c4cn[nH]c4)ccc3cn2)cc1. The molecule has 4 rings (SSSR count). The molecule has 4 aromatic rings. The quantitative estimate of drug-likeness (QED) is 0.553. The maximum absolute atomic E-state index is 12.3. The molecule has 0 saturated carbocycles. The zero-order valence-corrected chi connectivity index (χ0v) is 15.1. The highest BCUT2D eigenvalue weighted by molar-refractivity contribution is 5.94. The van der Waals surface area contributed by atoms with Crippen LogP contribution >= 0.6 is 0 Å². The van der Waals surface area contributed by atoms with Gasteiger partial charge in [0.2, 0.25) is 5.91 Å². The zero-order chi connectivity index (χ0) is 18.6. The third-order valence-electron chi connectivity index (χ3n) is 4.58. The molecule has 0 radical (unpaired) electrons. The second-order valence-electron chi connectivity index (χ2n) is 6.65. The van der Waals surface area contributed by atoms with E-state index in [2.05, 4.69) is 57.8 Å². The maximum Gasteiger partial charge on any atom is 0.225 e. The van der Waals surface area contributed by atoms with Crippen LogP contribution in [0, 0.1) is 6.92 Å². The van der Waals surface area contributed by atoms with Crippen molar-refractivity contribution >= 4 is 22.5 Å². The molecule has 5 nitrogen and oxygen atoms in total. The van der Waals surface area contributed by atoms with Crippen LogP contribution in [0.15, 0.2) is 67.1 Å². The second kappa shape index (κ2) is 7.41. The molecule has 0 aliphatic heterocycles. The van der Waals surface area contributed by atoms with E-state index < -0.39 is 0 Å². The van der Waals surface area contributed by atoms with Crippen molar-refractivity contribution in [3.05, 3.63) is 78.2 Å². The number of H-pyrrole nitrogens is 1. The maximum atomic E-state index is 12.3. The molecule has 1 amide bonds. The van der Waals surface area contributed by atoms with Gasteiger partial charge in [-0.2, -0.15) is 5.10 Å². The molecule has 2 aromatic carbocycles. The van der Waals surface area contributed by atoms with Crippen LogP contribution in [-0.2, 0) is 11.2 Å². The normalized spacial score (nSPS) is 10.9. The average molecular weight is 356 g/mol. The van der Waals surface area contributed by atoms with Crippen molar-refractivity contribution < 1.29 is 4.79 Å². The molecule has 2 aromatic heterocycles. The zero-order valence-electron chi connectivity index (χ0n) is 15.1. The lowest BCUT2D eigenvalue weighted by molar-refractivity contribution is -0.116. The highest BCUT2D eigenvalue weighted by Gasteiger charge is 2.07. The number of aryl methyl sites for hydroxylation is 2. The molecule has 134 valence electrons. The summed E-state index contributed by atoms with van der Waals surface area (Å²) in [6.07, 6.45) is 6.57. The molecule has 2 heterocycles. The highest BCUT2D eigenvalue weighted by atomic mass is 16.1. The number of hydrogen-bond donors (Lipinski definition) is 2. The van der Waals surface area contributed by atoms with Gasteiger partial charge in [-0.25, -0.2) is 4.98 Å². The monoisotopic (exact) mass is 356 g/mol. The highest BCUT2D eigenvalue weighted by Crippen LogP contribution is 2.24. The van der Waals surface area contributed by atoms with Crippen LogP contribution in [0.3, 0.4) is 0 Å². The number of hydrogen-bond acceptors (Lipinski definition) is 3. The Bertz CT molecular complexity index is 1070. The number of fused-ring (bicyclic) bond motifs is 1. The van der Waals surface area contributed by atoms with Crippen molar-refractivity contribution in [2.45, 2.75) is 19.8 Å². The van der Waals surface area contributed by atoms with Gasteiger partial charge in [-0.05, 0) is 42.0 Å². The third kappa shape index (κ3) is 4.03. The molecule has 0 spiro atoms. The van der Waals surface area contributed by atoms with Crippen LogP contribution < -0.4 is 5.32 Å². The smallest absolute Gasteiger partial charge is 0.225 e. The Morgan fingerprint density at radius 3 is 2.63 bits per heavy atom. The fourth-order valence-electron chi connectivity index (χ4n) is 3.02. The number of amides is 1. The Balaban J connectivity index is 1.46. The van der Waals surface area contributed by atoms with E-state index in [9.17, 15) is 4.79 Å². The minimum absolute atomic E-state index is 0.0339. The van der Waals surface area contributed by atoms with E-state index in [4.69, 9.17) is 0 Å². The summed E-state index contributed by atoms with van der Waals surface area (Å²) in [7, 11) is 0. The van der Waals surface area contributed by atoms with Crippen molar-refractivity contribution in [1.82, 2.24) is 15.2 Å². The van der Waals surface area contributed by atoms with Gasteiger partial charge >= 0.3 is 0 Å². The van der Waals surface area contributed by atoms with Gasteiger partial charge in [0.25, 0.3) is 0 Å². The van der Waals surface area contributed by atoms with Gasteiger partial charge in [0.15, 0.2) is 0 Å². The van der Waals surface area contributed by atoms with E-state index >= 15 is 0 Å². The summed E-state index contributed by atoms with van der Waals surface area (Å²) in [5.41, 5.74) is 4.47. The van der Waals surface area contributed by atoms with Crippen molar-refractivity contribution in [3.8, 4) is 11.1 Å². The van der Waals surface area contributed by atoms with Crippen molar-refractivity contribution in [1.29, 1.82) is 0 Å². The van der Waals surface area contributed by atoms with E-state index in [1.165, 1.54) is 5.56 Å². The van der Waals surface area contributed by atoms with Crippen LogP contribution in [0.25, 0.3) is 21.9 Å². The lowest BCUT2D eigenvalue weighted by Crippen LogP contribution is -2.13. The van der Waals surface area contributed by atoms with Gasteiger partial charge in [-0.3, -0.25) is 9.89 Å². The summed E-state index contributed by atoms with van der Waals surface area (Å²) >= 11 is 0. The molecular weight excluding hydrogens is 336 g/mol. The van der Waals surface area contributed by atoms with Crippen molar-refractivity contribution in [3.63, 3.8) is 0 Å². The molecule has 0 bridgehead atoms. The molecular formula is C22H20N4O. The number of carbonyl (C=O) groups is 1. The number of nitrogens with zero attached hydrogens (tertiary/aromatic N) is 2. The number of rotatable bonds is 5. The van der Waals surface area contributed by atoms with Gasteiger partial charge in [0, 0.05) is 29.8 Å². The first-order chi connectivity index (χ1) is 13.2. The summed E-state index contributed by atoms with van der Waals surface area (Å²) in [4.78, 5) is 16.6. The number of aromatic nitrogens is 3. The second-order valence-corrected chi connectivity index (χ2v) is 6.65. The van der Waals surface area contributed by atoms with Crippen LogP contribution in [0.4, 0.5) is 5.82 Å². The summed E-state index contributed by atoms with van der Waals surface area (Å²) < 4.78 is 0. The Hall–Kier alpha value is -3.47. The number of aromatic amines is 1. The van der Waals surface area contributed by atoms with Crippen LogP contribution in [-0.4, -0.2) is 21.1 Å². The first-order valence-electron chi connectivity index (χ1n) is 8.92. The summed E-state index contributed by atoms with van der Waals surface area (Å²) in [6.45, 7) is 2.06. The van der Waals surface area contributed by atoms with Crippen LogP contribution in [0.5, 0.6) is 0 Å². The molecule has 0 atom stereocenters. The van der Waals surface area contributed by atoms with Gasteiger partial charge in [0.05, 0.1) is 6.20 Å². The third-order valence-corrected chi connectivity index (χ3v) is 4.58. The molecule has 0 saturated heterocycles. The molecule has 0 aliphatic carbocycles. The standard InChI is InChI=1S/C22H20N4O/c1-15-2-4-16(5-3-15)6-9-22(27)26-21-11-19-10-17(20-13-24-25-14-20)7-8-18(19)12-23-21/h2-5,7-8,10-14H,6,9H2,1H3,(H,24,25)(H,23,26,27). The van der Waals surface area contributed by atoms with Gasteiger partial charge in [-0.1, -0.05) is 42.0 Å². The number of anilines is 1. The molecule has 0 unspecified atom stereocenters. The first kappa shape index (κ1) is 17.0. The lowest BCUT2D eigenvalue weighted by Gasteiger charge is -2.07. The Morgan fingerprint density at radius 1 is 1.00 bits per heavy atom. The fraction of sp³-hybridized carbons (Fsp3) is 0.136.